The van der Waals surface area contributed by atoms with Crippen molar-refractivity contribution >= 4 is 45.8 Å². The lowest BCUT2D eigenvalue weighted by Gasteiger charge is -2.11. The third-order valence-corrected chi connectivity index (χ3v) is 6.66. The lowest BCUT2D eigenvalue weighted by atomic mass is 10.1. The molecule has 2 N–H and O–H groups in total. The average molecular weight is 497 g/mol. The highest BCUT2D eigenvalue weighted by molar-refractivity contribution is 7.17. The van der Waals surface area contributed by atoms with Crippen LogP contribution in [0.4, 0.5) is 10.7 Å². The molecule has 2 heterocycles. The van der Waals surface area contributed by atoms with Gasteiger partial charge in [-0.05, 0) is 68.5 Å². The van der Waals surface area contributed by atoms with E-state index in [1.54, 1.807) is 32.0 Å². The molecule has 0 aliphatic heterocycles. The molecule has 1 aromatic carbocycles. The summed E-state index contributed by atoms with van der Waals surface area (Å²) in [4.78, 5) is 50.8. The van der Waals surface area contributed by atoms with Gasteiger partial charge in [0.25, 0.3) is 11.8 Å². The Bertz CT molecular complexity index is 1280. The first-order valence-corrected chi connectivity index (χ1v) is 11.9. The van der Waals surface area contributed by atoms with Crippen LogP contribution < -0.4 is 10.6 Å². The molecule has 35 heavy (non-hydrogen) atoms. The van der Waals surface area contributed by atoms with Crippen molar-refractivity contribution in [2.75, 3.05) is 23.8 Å². The number of carbonyl (C=O) groups excluding carboxylic acids is 4. The SMILES string of the molecule is CCOC(=O)c1c(NC(=O)COC(=O)c2ccc(C)c(NC(=O)c3ccco3)c2)sc2c1CCC2. The number of aryl methyl sites for hydroxylation is 2. The molecule has 1 aliphatic carbocycles. The van der Waals surface area contributed by atoms with Crippen molar-refractivity contribution in [2.24, 2.45) is 0 Å². The van der Waals surface area contributed by atoms with Gasteiger partial charge in [0, 0.05) is 10.6 Å². The summed E-state index contributed by atoms with van der Waals surface area (Å²) in [6.45, 7) is 3.20. The number of rotatable bonds is 8. The van der Waals surface area contributed by atoms with Gasteiger partial charge < -0.3 is 24.5 Å². The van der Waals surface area contributed by atoms with Crippen LogP contribution in [0, 0.1) is 6.92 Å². The summed E-state index contributed by atoms with van der Waals surface area (Å²) in [5.41, 5.74) is 2.62. The highest BCUT2D eigenvalue weighted by atomic mass is 32.1. The minimum absolute atomic E-state index is 0.135. The number of fused-ring (bicyclic) bond motifs is 1. The second-order valence-corrected chi connectivity index (χ2v) is 8.97. The first-order valence-electron chi connectivity index (χ1n) is 11.1. The van der Waals surface area contributed by atoms with Crippen LogP contribution in [-0.2, 0) is 27.1 Å². The molecule has 0 radical (unpaired) electrons. The van der Waals surface area contributed by atoms with E-state index < -0.39 is 30.4 Å². The van der Waals surface area contributed by atoms with Gasteiger partial charge in [-0.25, -0.2) is 9.59 Å². The highest BCUT2D eigenvalue weighted by Crippen LogP contribution is 2.39. The Morgan fingerprint density at radius 3 is 2.63 bits per heavy atom. The number of hydrogen-bond donors (Lipinski definition) is 2. The van der Waals surface area contributed by atoms with Gasteiger partial charge >= 0.3 is 11.9 Å². The average Bonchev–Trinajstić information content (AvgIpc) is 3.57. The number of furan rings is 1. The Morgan fingerprint density at radius 2 is 1.89 bits per heavy atom. The molecule has 0 atom stereocenters. The smallest absolute Gasteiger partial charge is 0.341 e. The van der Waals surface area contributed by atoms with E-state index in [-0.39, 0.29) is 17.9 Å². The maximum Gasteiger partial charge on any atom is 0.341 e. The number of hydrogen-bond acceptors (Lipinski definition) is 8. The van der Waals surface area contributed by atoms with E-state index in [9.17, 15) is 19.2 Å². The number of nitrogens with one attached hydrogen (secondary N) is 2. The monoisotopic (exact) mass is 496 g/mol. The van der Waals surface area contributed by atoms with Gasteiger partial charge in [-0.3, -0.25) is 9.59 Å². The number of thiophene rings is 1. The third-order valence-electron chi connectivity index (χ3n) is 5.45. The number of esters is 2. The second kappa shape index (κ2) is 10.6. The van der Waals surface area contributed by atoms with Crippen molar-refractivity contribution in [1.29, 1.82) is 0 Å². The van der Waals surface area contributed by atoms with Crippen LogP contribution in [0.15, 0.2) is 41.0 Å². The molecule has 0 spiro atoms. The molecular formula is C25H24N2O7S. The lowest BCUT2D eigenvalue weighted by molar-refractivity contribution is -0.119. The third kappa shape index (κ3) is 5.43. The zero-order valence-electron chi connectivity index (χ0n) is 19.3. The van der Waals surface area contributed by atoms with E-state index >= 15 is 0 Å². The van der Waals surface area contributed by atoms with Crippen molar-refractivity contribution in [3.63, 3.8) is 0 Å². The normalized spacial score (nSPS) is 12.1. The van der Waals surface area contributed by atoms with Gasteiger partial charge in [0.15, 0.2) is 12.4 Å². The molecule has 1 aliphatic rings. The largest absolute Gasteiger partial charge is 0.462 e. The van der Waals surface area contributed by atoms with E-state index in [1.165, 1.54) is 29.7 Å². The molecule has 9 nitrogen and oxygen atoms in total. The number of ether oxygens (including phenoxy) is 2. The molecule has 0 saturated carbocycles. The Kier molecular flexibility index (Phi) is 7.31. The van der Waals surface area contributed by atoms with Crippen molar-refractivity contribution < 1.29 is 33.1 Å². The van der Waals surface area contributed by atoms with Crippen LogP contribution in [0.1, 0.15) is 60.6 Å². The van der Waals surface area contributed by atoms with E-state index in [0.717, 1.165) is 35.3 Å². The predicted molar refractivity (Wildman–Crippen MR) is 129 cm³/mol. The summed E-state index contributed by atoms with van der Waals surface area (Å²) in [6.07, 6.45) is 3.96. The van der Waals surface area contributed by atoms with Crippen LogP contribution in [0.25, 0.3) is 0 Å². The van der Waals surface area contributed by atoms with Gasteiger partial charge in [0.1, 0.15) is 5.00 Å². The summed E-state index contributed by atoms with van der Waals surface area (Å²) in [6, 6.07) is 7.80. The maximum absolute atomic E-state index is 12.5. The van der Waals surface area contributed by atoms with Crippen LogP contribution in [0.3, 0.4) is 0 Å². The van der Waals surface area contributed by atoms with Gasteiger partial charge in [-0.2, -0.15) is 0 Å². The number of carbonyl (C=O) groups is 4. The van der Waals surface area contributed by atoms with Crippen molar-refractivity contribution in [2.45, 2.75) is 33.1 Å². The number of amides is 2. The van der Waals surface area contributed by atoms with Crippen molar-refractivity contribution in [1.82, 2.24) is 0 Å². The van der Waals surface area contributed by atoms with Crippen molar-refractivity contribution in [3.8, 4) is 0 Å². The van der Waals surface area contributed by atoms with Crippen LogP contribution >= 0.6 is 11.3 Å². The second-order valence-electron chi connectivity index (χ2n) is 7.87. The van der Waals surface area contributed by atoms with Gasteiger partial charge in [0.05, 0.1) is 24.0 Å². The first kappa shape index (κ1) is 24.2. The summed E-state index contributed by atoms with van der Waals surface area (Å²) < 4.78 is 15.4. The number of benzene rings is 1. The van der Waals surface area contributed by atoms with Gasteiger partial charge in [0.2, 0.25) is 0 Å². The standard InChI is InChI=1S/C25H24N2O7S/c1-3-32-25(31)21-16-6-4-8-19(16)35-23(21)27-20(28)13-34-24(30)15-10-9-14(2)17(12-15)26-22(29)18-7-5-11-33-18/h5,7,9-12H,3-4,6,8,13H2,1-2H3,(H,26,29)(H,27,28). The quantitative estimate of drug-likeness (QED) is 0.444. The van der Waals surface area contributed by atoms with E-state index in [0.29, 0.717) is 16.3 Å². The lowest BCUT2D eigenvalue weighted by Crippen LogP contribution is -2.22. The molecule has 2 aromatic heterocycles. The summed E-state index contributed by atoms with van der Waals surface area (Å²) in [7, 11) is 0. The molecule has 4 rings (SSSR count). The molecule has 10 heteroatoms. The maximum atomic E-state index is 12.5. The predicted octanol–water partition coefficient (Wildman–Crippen LogP) is 4.36. The molecule has 0 fully saturated rings. The summed E-state index contributed by atoms with van der Waals surface area (Å²) >= 11 is 1.35. The van der Waals surface area contributed by atoms with Crippen LogP contribution in [0.5, 0.6) is 0 Å². The first-order chi connectivity index (χ1) is 16.9. The Hall–Kier alpha value is -3.92. The fraction of sp³-hybridized carbons (Fsp3) is 0.280. The van der Waals surface area contributed by atoms with Crippen LogP contribution in [-0.4, -0.2) is 37.0 Å². The Labute approximate surface area is 205 Å². The number of anilines is 2. The van der Waals surface area contributed by atoms with Gasteiger partial charge in [-0.1, -0.05) is 6.07 Å². The molecule has 0 bridgehead atoms. The summed E-state index contributed by atoms with van der Waals surface area (Å²) in [5.74, 6) is -2.09. The molecular weight excluding hydrogens is 472 g/mol. The van der Waals surface area contributed by atoms with E-state index in [1.807, 2.05) is 0 Å². The molecule has 2 amide bonds. The Balaban J connectivity index is 1.39. The zero-order valence-corrected chi connectivity index (χ0v) is 20.1. The van der Waals surface area contributed by atoms with Crippen LogP contribution in [0.2, 0.25) is 0 Å². The summed E-state index contributed by atoms with van der Waals surface area (Å²) in [5, 5.41) is 5.78. The Morgan fingerprint density at radius 1 is 1.06 bits per heavy atom. The van der Waals surface area contributed by atoms with Gasteiger partial charge in [-0.15, -0.1) is 11.3 Å². The molecule has 0 saturated heterocycles. The molecule has 0 unspecified atom stereocenters. The zero-order chi connectivity index (χ0) is 24.9. The van der Waals surface area contributed by atoms with E-state index in [2.05, 4.69) is 10.6 Å². The molecule has 182 valence electrons. The van der Waals surface area contributed by atoms with Crippen molar-refractivity contribution in [3.05, 3.63) is 69.5 Å². The van der Waals surface area contributed by atoms with E-state index in [4.69, 9.17) is 13.9 Å². The highest BCUT2D eigenvalue weighted by Gasteiger charge is 2.28. The minimum atomic E-state index is -0.729. The fourth-order valence-electron chi connectivity index (χ4n) is 3.76. The minimum Gasteiger partial charge on any atom is -0.462 e. The fourth-order valence-corrected chi connectivity index (χ4v) is 5.06. The topological polar surface area (TPSA) is 124 Å². The molecule has 3 aromatic rings.